The van der Waals surface area contributed by atoms with Gasteiger partial charge in [0.15, 0.2) is 5.78 Å². The van der Waals surface area contributed by atoms with Gasteiger partial charge in [0.25, 0.3) is 0 Å². The number of aliphatic imine (C=N–C) groups is 1. The fourth-order valence-electron chi connectivity index (χ4n) is 2.77. The van der Waals surface area contributed by atoms with Crippen LogP contribution in [0.25, 0.3) is 0 Å². The van der Waals surface area contributed by atoms with Crippen molar-refractivity contribution in [2.45, 2.75) is 25.8 Å². The predicted octanol–water partition coefficient (Wildman–Crippen LogP) is 4.32. The number of ketones is 1. The minimum absolute atomic E-state index is 0.0463. The standard InChI is InChI=1S/C20H17F2NO2/c21-15-5-1-13(2-6-15)11-17(20-18(24)9-10-19(20)25)23-12-14-3-7-16(22)8-4-14/h1-8,24H,9-12H2. The second-order valence-electron chi connectivity index (χ2n) is 5.94. The van der Waals surface area contributed by atoms with E-state index in [2.05, 4.69) is 4.99 Å². The van der Waals surface area contributed by atoms with Crippen LogP contribution in [-0.4, -0.2) is 16.6 Å². The van der Waals surface area contributed by atoms with Gasteiger partial charge < -0.3 is 5.11 Å². The third-order valence-corrected chi connectivity index (χ3v) is 4.10. The maximum atomic E-state index is 13.1. The van der Waals surface area contributed by atoms with Gasteiger partial charge in [-0.25, -0.2) is 8.78 Å². The predicted molar refractivity (Wildman–Crippen MR) is 91.5 cm³/mol. The van der Waals surface area contributed by atoms with Crippen LogP contribution in [0.2, 0.25) is 0 Å². The van der Waals surface area contributed by atoms with Crippen molar-refractivity contribution in [1.29, 1.82) is 0 Å². The van der Waals surface area contributed by atoms with E-state index in [0.29, 0.717) is 18.6 Å². The summed E-state index contributed by atoms with van der Waals surface area (Å²) >= 11 is 0. The lowest BCUT2D eigenvalue weighted by Gasteiger charge is -2.09. The topological polar surface area (TPSA) is 49.7 Å². The number of hydrogen-bond acceptors (Lipinski definition) is 3. The number of nitrogens with zero attached hydrogens (tertiary/aromatic N) is 1. The van der Waals surface area contributed by atoms with E-state index in [1.54, 1.807) is 24.3 Å². The van der Waals surface area contributed by atoms with E-state index in [1.165, 1.54) is 24.3 Å². The van der Waals surface area contributed by atoms with Crippen LogP contribution in [-0.2, 0) is 17.8 Å². The van der Waals surface area contributed by atoms with Crippen LogP contribution >= 0.6 is 0 Å². The van der Waals surface area contributed by atoms with Crippen LogP contribution in [0.3, 0.4) is 0 Å². The molecule has 0 fully saturated rings. The molecule has 0 spiro atoms. The zero-order valence-corrected chi connectivity index (χ0v) is 13.5. The Labute approximate surface area is 144 Å². The largest absolute Gasteiger partial charge is 0.511 e. The zero-order chi connectivity index (χ0) is 17.8. The Hall–Kier alpha value is -2.82. The van der Waals surface area contributed by atoms with E-state index in [0.717, 1.165) is 11.1 Å². The Kier molecular flexibility index (Phi) is 5.03. The Morgan fingerprint density at radius 2 is 1.48 bits per heavy atom. The number of rotatable bonds is 5. The van der Waals surface area contributed by atoms with Crippen molar-refractivity contribution in [2.75, 3.05) is 0 Å². The van der Waals surface area contributed by atoms with Crippen LogP contribution in [0.1, 0.15) is 24.0 Å². The Balaban J connectivity index is 1.89. The number of aliphatic hydroxyl groups excluding tert-OH is 1. The monoisotopic (exact) mass is 341 g/mol. The average molecular weight is 341 g/mol. The smallest absolute Gasteiger partial charge is 0.168 e. The molecule has 0 bridgehead atoms. The van der Waals surface area contributed by atoms with Gasteiger partial charge in [0.2, 0.25) is 0 Å². The highest BCUT2D eigenvalue weighted by molar-refractivity contribution is 6.24. The fraction of sp³-hybridized carbons (Fsp3) is 0.200. The lowest BCUT2D eigenvalue weighted by atomic mass is 10.0. The van der Waals surface area contributed by atoms with Crippen molar-refractivity contribution in [3.63, 3.8) is 0 Å². The minimum Gasteiger partial charge on any atom is -0.511 e. The molecule has 0 saturated heterocycles. The lowest BCUT2D eigenvalue weighted by Crippen LogP contribution is -2.14. The molecule has 1 aliphatic rings. The van der Waals surface area contributed by atoms with Crippen molar-refractivity contribution < 1.29 is 18.7 Å². The normalized spacial score (nSPS) is 15.1. The minimum atomic E-state index is -0.340. The molecule has 128 valence electrons. The summed E-state index contributed by atoms with van der Waals surface area (Å²) in [6.07, 6.45) is 0.889. The first-order valence-corrected chi connectivity index (χ1v) is 8.01. The molecule has 2 aromatic rings. The number of Topliss-reactive ketones (excluding diaryl/α,β-unsaturated/α-hetero) is 1. The SMILES string of the molecule is O=C1CCC(O)=C1C(Cc1ccc(F)cc1)=NCc1ccc(F)cc1. The summed E-state index contributed by atoms with van der Waals surface area (Å²) in [4.78, 5) is 16.6. The van der Waals surface area contributed by atoms with Gasteiger partial charge in [-0.15, -0.1) is 0 Å². The highest BCUT2D eigenvalue weighted by Crippen LogP contribution is 2.24. The van der Waals surface area contributed by atoms with E-state index in [-0.39, 0.29) is 41.7 Å². The van der Waals surface area contributed by atoms with Gasteiger partial charge in [-0.05, 0) is 35.4 Å². The number of benzene rings is 2. The second-order valence-corrected chi connectivity index (χ2v) is 5.94. The van der Waals surface area contributed by atoms with Gasteiger partial charge in [0.05, 0.1) is 17.8 Å². The molecule has 0 heterocycles. The highest BCUT2D eigenvalue weighted by Gasteiger charge is 2.27. The van der Waals surface area contributed by atoms with E-state index in [9.17, 15) is 18.7 Å². The van der Waals surface area contributed by atoms with Crippen molar-refractivity contribution in [3.05, 3.63) is 82.6 Å². The van der Waals surface area contributed by atoms with E-state index in [1.807, 2.05) is 0 Å². The van der Waals surface area contributed by atoms with Crippen molar-refractivity contribution in [2.24, 2.45) is 4.99 Å². The molecule has 0 amide bonds. The molecule has 0 radical (unpaired) electrons. The maximum absolute atomic E-state index is 13.1. The van der Waals surface area contributed by atoms with Gasteiger partial charge >= 0.3 is 0 Å². The summed E-state index contributed by atoms with van der Waals surface area (Å²) in [6.45, 7) is 0.265. The van der Waals surface area contributed by atoms with Gasteiger partial charge in [-0.2, -0.15) is 0 Å². The first-order chi connectivity index (χ1) is 12.0. The van der Waals surface area contributed by atoms with Crippen LogP contribution in [0.5, 0.6) is 0 Å². The summed E-state index contributed by atoms with van der Waals surface area (Å²) in [6, 6.07) is 11.9. The highest BCUT2D eigenvalue weighted by atomic mass is 19.1. The average Bonchev–Trinajstić information content (AvgIpc) is 2.94. The number of allylic oxidation sites excluding steroid dienone is 2. The van der Waals surface area contributed by atoms with Crippen LogP contribution < -0.4 is 0 Å². The van der Waals surface area contributed by atoms with Gasteiger partial charge in [-0.1, -0.05) is 24.3 Å². The van der Waals surface area contributed by atoms with Gasteiger partial charge in [0.1, 0.15) is 17.4 Å². The second kappa shape index (κ2) is 7.38. The van der Waals surface area contributed by atoms with E-state index < -0.39 is 0 Å². The Bertz CT molecular complexity index is 837. The van der Waals surface area contributed by atoms with Crippen LogP contribution in [0.4, 0.5) is 8.78 Å². The fourth-order valence-corrected chi connectivity index (χ4v) is 2.77. The molecule has 0 atom stereocenters. The number of carbonyl (C=O) groups is 1. The molecule has 3 rings (SSSR count). The quantitative estimate of drug-likeness (QED) is 0.823. The molecule has 5 heteroatoms. The van der Waals surface area contributed by atoms with E-state index >= 15 is 0 Å². The number of hydrogen-bond donors (Lipinski definition) is 1. The molecular formula is C20H17F2NO2. The van der Waals surface area contributed by atoms with E-state index in [4.69, 9.17) is 0 Å². The van der Waals surface area contributed by atoms with Crippen LogP contribution in [0.15, 0.2) is 64.9 Å². The number of carbonyl (C=O) groups excluding carboxylic acids is 1. The summed E-state index contributed by atoms with van der Waals surface area (Å²) in [5, 5.41) is 10.1. The Morgan fingerprint density at radius 3 is 2.00 bits per heavy atom. The maximum Gasteiger partial charge on any atom is 0.168 e. The van der Waals surface area contributed by atoms with Gasteiger partial charge in [0, 0.05) is 19.3 Å². The molecule has 1 N–H and O–H groups in total. The summed E-state index contributed by atoms with van der Waals surface area (Å²) < 4.78 is 26.1. The summed E-state index contributed by atoms with van der Waals surface area (Å²) in [5.41, 5.74) is 2.31. The zero-order valence-electron chi connectivity index (χ0n) is 13.5. The molecule has 3 nitrogen and oxygen atoms in total. The third-order valence-electron chi connectivity index (χ3n) is 4.10. The third kappa shape index (κ3) is 4.18. The molecule has 0 saturated carbocycles. The lowest BCUT2D eigenvalue weighted by molar-refractivity contribution is -0.114. The summed E-state index contributed by atoms with van der Waals surface area (Å²) in [5.74, 6) is -0.763. The molecule has 2 aromatic carbocycles. The van der Waals surface area contributed by atoms with Crippen molar-refractivity contribution in [3.8, 4) is 0 Å². The molecule has 0 aliphatic heterocycles. The summed E-state index contributed by atoms with van der Waals surface area (Å²) in [7, 11) is 0. The first-order valence-electron chi connectivity index (χ1n) is 8.01. The number of aliphatic hydroxyl groups is 1. The molecule has 1 aliphatic carbocycles. The number of halogens is 2. The van der Waals surface area contributed by atoms with Crippen molar-refractivity contribution in [1.82, 2.24) is 0 Å². The first kappa shape index (κ1) is 17.0. The van der Waals surface area contributed by atoms with Gasteiger partial charge in [-0.3, -0.25) is 9.79 Å². The molecule has 25 heavy (non-hydrogen) atoms. The Morgan fingerprint density at radius 1 is 0.920 bits per heavy atom. The van der Waals surface area contributed by atoms with Crippen molar-refractivity contribution >= 4 is 11.5 Å². The van der Waals surface area contributed by atoms with Crippen LogP contribution in [0, 0.1) is 11.6 Å². The molecular weight excluding hydrogens is 324 g/mol. The molecule has 0 aromatic heterocycles. The molecule has 0 unspecified atom stereocenters.